The molecule has 0 bridgehead atoms. The van der Waals surface area contributed by atoms with Gasteiger partial charge in [-0.2, -0.15) is 0 Å². The van der Waals surface area contributed by atoms with E-state index in [1.165, 1.54) is 0 Å². The number of rotatable bonds is 4. The maximum Gasteiger partial charge on any atom is 0.573 e. The van der Waals surface area contributed by atoms with Crippen molar-refractivity contribution in [2.75, 3.05) is 7.11 Å². The van der Waals surface area contributed by atoms with Crippen molar-refractivity contribution in [3.8, 4) is 11.6 Å². The van der Waals surface area contributed by atoms with Crippen LogP contribution in [-0.4, -0.2) is 29.7 Å². The molecule has 0 aliphatic heterocycles. The number of nitro groups is 1. The van der Waals surface area contributed by atoms with Gasteiger partial charge in [0, 0.05) is 6.07 Å². The van der Waals surface area contributed by atoms with Crippen LogP contribution in [0.1, 0.15) is 10.5 Å². The molecule has 1 aromatic rings. The summed E-state index contributed by atoms with van der Waals surface area (Å²) >= 11 is 0. The lowest BCUT2D eigenvalue weighted by molar-refractivity contribution is -0.389. The first-order valence-electron chi connectivity index (χ1n) is 4.23. The number of ether oxygens (including phenoxy) is 2. The Kier molecular flexibility index (Phi) is 3.69. The number of aldehydes is 1. The fourth-order valence-electron chi connectivity index (χ4n) is 1.08. The second kappa shape index (κ2) is 4.85. The van der Waals surface area contributed by atoms with E-state index >= 15 is 0 Å². The molecule has 0 spiro atoms. The van der Waals surface area contributed by atoms with Crippen LogP contribution in [0.25, 0.3) is 0 Å². The Labute approximate surface area is 97.3 Å². The minimum atomic E-state index is -5.14. The van der Waals surface area contributed by atoms with Crippen molar-refractivity contribution in [2.24, 2.45) is 0 Å². The summed E-state index contributed by atoms with van der Waals surface area (Å²) in [6.07, 6.45) is -5.03. The van der Waals surface area contributed by atoms with Crippen LogP contribution in [0.3, 0.4) is 0 Å². The van der Waals surface area contributed by atoms with Crippen molar-refractivity contribution < 1.29 is 32.4 Å². The smallest absolute Gasteiger partial charge is 0.476 e. The number of pyridine rings is 1. The van der Waals surface area contributed by atoms with Gasteiger partial charge in [-0.15, -0.1) is 13.2 Å². The Bertz CT molecular complexity index is 488. The molecule has 10 heteroatoms. The van der Waals surface area contributed by atoms with Crippen LogP contribution in [0.2, 0.25) is 0 Å². The first-order chi connectivity index (χ1) is 8.28. The molecule has 0 unspecified atom stereocenters. The third kappa shape index (κ3) is 3.06. The second-order valence-electron chi connectivity index (χ2n) is 2.83. The Morgan fingerprint density at radius 3 is 2.50 bits per heavy atom. The average Bonchev–Trinajstić information content (AvgIpc) is 2.25. The Balaban J connectivity index is 3.44. The number of hydrogen-bond acceptors (Lipinski definition) is 6. The van der Waals surface area contributed by atoms with Gasteiger partial charge in [-0.1, -0.05) is 0 Å². The van der Waals surface area contributed by atoms with Gasteiger partial charge in [-0.05, 0) is 0 Å². The van der Waals surface area contributed by atoms with E-state index in [4.69, 9.17) is 0 Å². The summed E-state index contributed by atoms with van der Waals surface area (Å²) in [5, 5.41) is 10.6. The predicted molar refractivity (Wildman–Crippen MR) is 49.5 cm³/mol. The average molecular weight is 266 g/mol. The van der Waals surface area contributed by atoms with Crippen molar-refractivity contribution in [2.45, 2.75) is 6.36 Å². The number of alkyl halides is 3. The van der Waals surface area contributed by atoms with Gasteiger partial charge >= 0.3 is 12.0 Å². The van der Waals surface area contributed by atoms with Gasteiger partial charge in [0.05, 0.1) is 12.0 Å². The standard InChI is InChI=1S/C8H5F3N2O5/c1-17-7-6(13(15)16)5(18-8(9,10)11)2-4(3-14)12-7/h2-3H,1H3. The minimum Gasteiger partial charge on any atom is -0.476 e. The molecule has 0 aromatic carbocycles. The largest absolute Gasteiger partial charge is 0.573 e. The fourth-order valence-corrected chi connectivity index (χ4v) is 1.08. The number of hydrogen-bond donors (Lipinski definition) is 0. The molecule has 0 N–H and O–H groups in total. The summed E-state index contributed by atoms with van der Waals surface area (Å²) < 4.78 is 44.1. The summed E-state index contributed by atoms with van der Waals surface area (Å²) in [6, 6.07) is 0.501. The minimum absolute atomic E-state index is 0.107. The van der Waals surface area contributed by atoms with Crippen LogP contribution in [0.4, 0.5) is 18.9 Å². The summed E-state index contributed by atoms with van der Waals surface area (Å²) in [4.78, 5) is 23.3. The molecule has 7 nitrogen and oxygen atoms in total. The lowest BCUT2D eigenvalue weighted by Gasteiger charge is -2.10. The van der Waals surface area contributed by atoms with Gasteiger partial charge in [0.1, 0.15) is 5.69 Å². The third-order valence-corrected chi connectivity index (χ3v) is 1.67. The van der Waals surface area contributed by atoms with Crippen LogP contribution in [0.15, 0.2) is 6.07 Å². The Morgan fingerprint density at radius 1 is 1.50 bits per heavy atom. The maximum absolute atomic E-state index is 12.1. The number of nitrogens with zero attached hydrogens (tertiary/aromatic N) is 2. The van der Waals surface area contributed by atoms with Gasteiger partial charge in [-0.25, -0.2) is 4.98 Å². The lowest BCUT2D eigenvalue weighted by Crippen LogP contribution is -2.18. The third-order valence-electron chi connectivity index (χ3n) is 1.67. The van der Waals surface area contributed by atoms with E-state index in [1.807, 2.05) is 0 Å². The Morgan fingerprint density at radius 2 is 2.11 bits per heavy atom. The predicted octanol–water partition coefficient (Wildman–Crippen LogP) is 1.71. The normalized spacial score (nSPS) is 10.9. The summed E-state index contributed by atoms with van der Waals surface area (Å²) in [5.74, 6) is -1.91. The number of methoxy groups -OCH3 is 1. The number of carbonyl (C=O) groups excluding carboxylic acids is 1. The molecule has 0 saturated carbocycles. The van der Waals surface area contributed by atoms with Gasteiger partial charge < -0.3 is 9.47 Å². The van der Waals surface area contributed by atoms with Gasteiger partial charge in [-0.3, -0.25) is 14.9 Å². The molecule has 0 radical (unpaired) electrons. The van der Waals surface area contributed by atoms with Gasteiger partial charge in [0.25, 0.3) is 5.88 Å². The van der Waals surface area contributed by atoms with E-state index in [0.717, 1.165) is 7.11 Å². The molecule has 0 atom stereocenters. The van der Waals surface area contributed by atoms with E-state index in [1.54, 1.807) is 0 Å². The second-order valence-corrected chi connectivity index (χ2v) is 2.83. The monoisotopic (exact) mass is 266 g/mol. The number of halogens is 3. The highest BCUT2D eigenvalue weighted by Crippen LogP contribution is 2.38. The summed E-state index contributed by atoms with van der Waals surface area (Å²) in [5.41, 5.74) is -1.60. The first kappa shape index (κ1) is 13.7. The first-order valence-corrected chi connectivity index (χ1v) is 4.23. The van der Waals surface area contributed by atoms with Crippen LogP contribution < -0.4 is 9.47 Å². The van der Waals surface area contributed by atoms with Crippen molar-refractivity contribution in [3.63, 3.8) is 0 Å². The zero-order valence-electron chi connectivity index (χ0n) is 8.72. The van der Waals surface area contributed by atoms with Crippen molar-refractivity contribution in [3.05, 3.63) is 21.9 Å². The molecule has 1 rings (SSSR count). The summed E-state index contributed by atoms with van der Waals surface area (Å²) in [6.45, 7) is 0. The SMILES string of the molecule is COc1nc(C=O)cc(OC(F)(F)F)c1[N+](=O)[O-]. The number of aromatic nitrogens is 1. The van der Waals surface area contributed by atoms with E-state index in [0.29, 0.717) is 6.07 Å². The maximum atomic E-state index is 12.1. The molecule has 1 heterocycles. The highest BCUT2D eigenvalue weighted by atomic mass is 19.4. The highest BCUT2D eigenvalue weighted by molar-refractivity contribution is 5.75. The van der Waals surface area contributed by atoms with Crippen molar-refractivity contribution in [1.82, 2.24) is 4.98 Å². The molecule has 0 aliphatic carbocycles. The molecule has 1 aromatic heterocycles. The van der Waals surface area contributed by atoms with Crippen LogP contribution in [-0.2, 0) is 0 Å². The molecular formula is C8H5F3N2O5. The number of carbonyl (C=O) groups is 1. The molecule has 0 saturated heterocycles. The van der Waals surface area contributed by atoms with Crippen LogP contribution in [0.5, 0.6) is 11.6 Å². The topological polar surface area (TPSA) is 91.6 Å². The molecular weight excluding hydrogens is 261 g/mol. The van der Waals surface area contributed by atoms with E-state index in [2.05, 4.69) is 14.5 Å². The van der Waals surface area contributed by atoms with E-state index < -0.39 is 34.3 Å². The van der Waals surface area contributed by atoms with Crippen LogP contribution in [0, 0.1) is 10.1 Å². The molecule has 0 fully saturated rings. The highest BCUT2D eigenvalue weighted by Gasteiger charge is 2.37. The van der Waals surface area contributed by atoms with Gasteiger partial charge in [0.2, 0.25) is 5.75 Å². The van der Waals surface area contributed by atoms with E-state index in [-0.39, 0.29) is 6.29 Å². The quantitative estimate of drug-likeness (QED) is 0.468. The zero-order valence-corrected chi connectivity index (χ0v) is 8.72. The van der Waals surface area contributed by atoms with Crippen LogP contribution >= 0.6 is 0 Å². The molecule has 0 aliphatic rings. The zero-order chi connectivity index (χ0) is 13.9. The fraction of sp³-hybridized carbons (Fsp3) is 0.250. The van der Waals surface area contributed by atoms with Crippen molar-refractivity contribution >= 4 is 12.0 Å². The molecule has 18 heavy (non-hydrogen) atoms. The van der Waals surface area contributed by atoms with Gasteiger partial charge in [0.15, 0.2) is 6.29 Å². The molecule has 98 valence electrons. The summed E-state index contributed by atoms with van der Waals surface area (Å²) in [7, 11) is 0.960. The lowest BCUT2D eigenvalue weighted by atomic mass is 10.3. The van der Waals surface area contributed by atoms with Crippen molar-refractivity contribution in [1.29, 1.82) is 0 Å². The molecule has 0 amide bonds. The van der Waals surface area contributed by atoms with E-state index in [9.17, 15) is 28.1 Å². The Hall–Kier alpha value is -2.39.